The molecule has 0 heterocycles. The summed E-state index contributed by atoms with van der Waals surface area (Å²) in [5.74, 6) is 1.91. The molecule has 0 aliphatic rings. The van der Waals surface area contributed by atoms with Crippen molar-refractivity contribution in [3.63, 3.8) is 0 Å². The van der Waals surface area contributed by atoms with Gasteiger partial charge in [-0.05, 0) is 11.8 Å². The highest BCUT2D eigenvalue weighted by Crippen LogP contribution is 2.22. The molecule has 0 aromatic rings. The summed E-state index contributed by atoms with van der Waals surface area (Å²) in [6, 6.07) is 0. The van der Waals surface area contributed by atoms with Gasteiger partial charge in [0, 0.05) is 0 Å². The van der Waals surface area contributed by atoms with Crippen LogP contribution in [0.3, 0.4) is 0 Å². The average Bonchev–Trinajstić information content (AvgIpc) is 2.78. The Morgan fingerprint density at radius 2 is 0.500 bits per heavy atom. The van der Waals surface area contributed by atoms with E-state index in [-0.39, 0.29) is 0 Å². The highest BCUT2D eigenvalue weighted by molar-refractivity contribution is 4.59. The Morgan fingerprint density at radius 1 is 0.281 bits per heavy atom. The van der Waals surface area contributed by atoms with Crippen molar-refractivity contribution >= 4 is 0 Å². The summed E-state index contributed by atoms with van der Waals surface area (Å²) in [5, 5.41) is 0. The van der Waals surface area contributed by atoms with Gasteiger partial charge in [-0.2, -0.15) is 0 Å². The summed E-state index contributed by atoms with van der Waals surface area (Å²) < 4.78 is 0. The van der Waals surface area contributed by atoms with Gasteiger partial charge >= 0.3 is 0 Å². The van der Waals surface area contributed by atoms with Crippen molar-refractivity contribution in [3.05, 3.63) is 0 Å². The van der Waals surface area contributed by atoms with Gasteiger partial charge in [-0.25, -0.2) is 0 Å². The Labute approximate surface area is 206 Å². The Hall–Kier alpha value is 0. The lowest BCUT2D eigenvalue weighted by Crippen LogP contribution is -1.99. The van der Waals surface area contributed by atoms with E-state index in [0.717, 1.165) is 11.8 Å². The molecule has 0 amide bonds. The molecular formula is C32H66. The lowest BCUT2D eigenvalue weighted by molar-refractivity contribution is 0.390. The molecule has 0 spiro atoms. The third kappa shape index (κ3) is 26.3. The summed E-state index contributed by atoms with van der Waals surface area (Å²) in [6.07, 6.45) is 38.1. The first-order valence-corrected chi connectivity index (χ1v) is 15.7. The summed E-state index contributed by atoms with van der Waals surface area (Å²) in [5.41, 5.74) is 0. The van der Waals surface area contributed by atoms with Crippen LogP contribution in [-0.2, 0) is 0 Å². The number of unbranched alkanes of at least 4 members (excludes halogenated alkanes) is 19. The van der Waals surface area contributed by atoms with Crippen LogP contribution in [-0.4, -0.2) is 0 Å². The minimum atomic E-state index is 0.957. The van der Waals surface area contributed by atoms with Crippen LogP contribution in [0.25, 0.3) is 0 Å². The van der Waals surface area contributed by atoms with Crippen molar-refractivity contribution in [2.75, 3.05) is 0 Å². The predicted octanol–water partition coefficient (Wildman–Crippen LogP) is 12.4. The Kier molecular flexibility index (Phi) is 27.2. The zero-order valence-corrected chi connectivity index (χ0v) is 23.5. The van der Waals surface area contributed by atoms with Gasteiger partial charge in [0.2, 0.25) is 0 Å². The summed E-state index contributed by atoms with van der Waals surface area (Å²) in [7, 11) is 0. The molecule has 32 heavy (non-hydrogen) atoms. The van der Waals surface area contributed by atoms with Gasteiger partial charge in [-0.3, -0.25) is 0 Å². The Balaban J connectivity index is 3.24. The normalized spacial score (nSPS) is 13.5. The van der Waals surface area contributed by atoms with Crippen molar-refractivity contribution in [2.24, 2.45) is 11.8 Å². The zero-order chi connectivity index (χ0) is 23.5. The van der Waals surface area contributed by atoms with E-state index in [1.165, 1.54) is 167 Å². The van der Waals surface area contributed by atoms with E-state index in [4.69, 9.17) is 0 Å². The van der Waals surface area contributed by atoms with Gasteiger partial charge in [0.25, 0.3) is 0 Å². The molecule has 0 saturated carbocycles. The van der Waals surface area contributed by atoms with Crippen LogP contribution in [0.5, 0.6) is 0 Å². The molecule has 2 unspecified atom stereocenters. The molecule has 194 valence electrons. The molecule has 0 fully saturated rings. The van der Waals surface area contributed by atoms with Gasteiger partial charge < -0.3 is 0 Å². The molecule has 0 radical (unpaired) electrons. The fraction of sp³-hybridized carbons (Fsp3) is 1.00. The first kappa shape index (κ1) is 32.0. The van der Waals surface area contributed by atoms with Crippen LogP contribution < -0.4 is 0 Å². The highest BCUT2D eigenvalue weighted by Gasteiger charge is 2.06. The maximum Gasteiger partial charge on any atom is -0.0443 e. The summed E-state index contributed by atoms with van der Waals surface area (Å²) in [4.78, 5) is 0. The fourth-order valence-electron chi connectivity index (χ4n) is 5.24. The molecule has 0 N–H and O–H groups in total. The molecule has 0 heteroatoms. The maximum atomic E-state index is 2.50. The maximum absolute atomic E-state index is 2.50. The lowest BCUT2D eigenvalue weighted by atomic mass is 9.92. The minimum Gasteiger partial charge on any atom is -0.0654 e. The standard InChI is InChI=1S/C32H66/c1-5-7-9-11-13-14-15-16-17-18-19-20-21-23-25-28-32(4)30-26-29-31(3)27-24-22-12-10-8-6-2/h31-32H,5-30H2,1-4H3. The molecule has 0 rings (SSSR count). The van der Waals surface area contributed by atoms with Crippen molar-refractivity contribution in [1.82, 2.24) is 0 Å². The van der Waals surface area contributed by atoms with E-state index in [0.29, 0.717) is 0 Å². The monoisotopic (exact) mass is 451 g/mol. The smallest absolute Gasteiger partial charge is 0.0443 e. The largest absolute Gasteiger partial charge is 0.0654 e. The molecular weight excluding hydrogens is 384 g/mol. The molecule has 2 atom stereocenters. The van der Waals surface area contributed by atoms with Crippen molar-refractivity contribution in [3.8, 4) is 0 Å². The molecule has 0 aromatic heterocycles. The van der Waals surface area contributed by atoms with Crippen molar-refractivity contribution in [2.45, 2.75) is 195 Å². The molecule has 0 aliphatic carbocycles. The molecule has 0 aliphatic heterocycles. The van der Waals surface area contributed by atoms with Crippen molar-refractivity contribution in [1.29, 1.82) is 0 Å². The third-order valence-corrected chi connectivity index (χ3v) is 7.74. The third-order valence-electron chi connectivity index (χ3n) is 7.74. The number of hydrogen-bond acceptors (Lipinski definition) is 0. The van der Waals surface area contributed by atoms with Crippen LogP contribution in [0.2, 0.25) is 0 Å². The summed E-state index contributed by atoms with van der Waals surface area (Å²) >= 11 is 0. The van der Waals surface area contributed by atoms with Gasteiger partial charge in [0.1, 0.15) is 0 Å². The van der Waals surface area contributed by atoms with Gasteiger partial charge in [0.15, 0.2) is 0 Å². The molecule has 0 aromatic carbocycles. The van der Waals surface area contributed by atoms with E-state index in [9.17, 15) is 0 Å². The topological polar surface area (TPSA) is 0 Å². The highest BCUT2D eigenvalue weighted by atomic mass is 14.1. The van der Waals surface area contributed by atoms with Gasteiger partial charge in [0.05, 0.1) is 0 Å². The zero-order valence-electron chi connectivity index (χ0n) is 23.5. The summed E-state index contributed by atoms with van der Waals surface area (Å²) in [6.45, 7) is 9.61. The lowest BCUT2D eigenvalue weighted by Gasteiger charge is -2.14. The minimum absolute atomic E-state index is 0.957. The Morgan fingerprint density at radius 3 is 0.781 bits per heavy atom. The van der Waals surface area contributed by atoms with Crippen LogP contribution >= 0.6 is 0 Å². The van der Waals surface area contributed by atoms with Crippen LogP contribution in [0.1, 0.15) is 195 Å². The van der Waals surface area contributed by atoms with Gasteiger partial charge in [-0.15, -0.1) is 0 Å². The van der Waals surface area contributed by atoms with Crippen LogP contribution in [0.15, 0.2) is 0 Å². The van der Waals surface area contributed by atoms with E-state index < -0.39 is 0 Å². The molecule has 0 bridgehead atoms. The SMILES string of the molecule is CCCCCCCCCCCCCCCCCC(C)CCCC(C)CCCCCCCC. The van der Waals surface area contributed by atoms with E-state index >= 15 is 0 Å². The second-order valence-electron chi connectivity index (χ2n) is 11.4. The first-order chi connectivity index (χ1) is 15.7. The van der Waals surface area contributed by atoms with E-state index in [1.54, 1.807) is 0 Å². The Bertz CT molecular complexity index is 320. The number of rotatable bonds is 27. The number of hydrogen-bond donors (Lipinski definition) is 0. The average molecular weight is 451 g/mol. The van der Waals surface area contributed by atoms with Crippen molar-refractivity contribution < 1.29 is 0 Å². The quantitative estimate of drug-likeness (QED) is 0.109. The van der Waals surface area contributed by atoms with Gasteiger partial charge in [-0.1, -0.05) is 195 Å². The second kappa shape index (κ2) is 27.2. The predicted molar refractivity (Wildman–Crippen MR) is 150 cm³/mol. The van der Waals surface area contributed by atoms with Crippen LogP contribution in [0.4, 0.5) is 0 Å². The molecule has 0 saturated heterocycles. The fourth-order valence-corrected chi connectivity index (χ4v) is 5.24. The first-order valence-electron chi connectivity index (χ1n) is 15.7. The van der Waals surface area contributed by atoms with E-state index in [2.05, 4.69) is 27.7 Å². The van der Waals surface area contributed by atoms with Crippen LogP contribution in [0, 0.1) is 11.8 Å². The van der Waals surface area contributed by atoms with E-state index in [1.807, 2.05) is 0 Å². The second-order valence-corrected chi connectivity index (χ2v) is 11.4. The molecule has 0 nitrogen and oxygen atoms in total.